The van der Waals surface area contributed by atoms with Crippen LogP contribution in [0.3, 0.4) is 0 Å². The fraction of sp³-hybridized carbons (Fsp3) is 0.0625. The SMILES string of the molecule is CSC(=Nc1ccc2nc(-c3ccccc3Cl)oc2c1)NC#N. The van der Waals surface area contributed by atoms with Gasteiger partial charge in [0.2, 0.25) is 5.89 Å². The highest BCUT2D eigenvalue weighted by Crippen LogP contribution is 2.31. The van der Waals surface area contributed by atoms with E-state index in [1.807, 2.05) is 42.8 Å². The van der Waals surface area contributed by atoms with E-state index in [9.17, 15) is 0 Å². The number of fused-ring (bicyclic) bond motifs is 1. The van der Waals surface area contributed by atoms with Crippen LogP contribution in [-0.2, 0) is 0 Å². The number of halogens is 1. The summed E-state index contributed by atoms with van der Waals surface area (Å²) in [6, 6.07) is 12.8. The van der Waals surface area contributed by atoms with Crippen LogP contribution in [0.2, 0.25) is 5.02 Å². The highest BCUT2D eigenvalue weighted by atomic mass is 35.5. The number of thioether (sulfide) groups is 1. The van der Waals surface area contributed by atoms with Gasteiger partial charge in [0, 0.05) is 6.07 Å². The molecule has 0 saturated carbocycles. The average molecular weight is 343 g/mol. The fourth-order valence-corrected chi connectivity index (χ4v) is 2.58. The number of oxazole rings is 1. The number of nitriles is 1. The first-order valence-corrected chi connectivity index (χ1v) is 8.25. The zero-order valence-electron chi connectivity index (χ0n) is 12.1. The monoisotopic (exact) mass is 342 g/mol. The van der Waals surface area contributed by atoms with E-state index in [1.54, 1.807) is 12.1 Å². The third kappa shape index (κ3) is 3.31. The van der Waals surface area contributed by atoms with Crippen molar-refractivity contribution in [2.75, 3.05) is 6.26 Å². The largest absolute Gasteiger partial charge is 0.436 e. The summed E-state index contributed by atoms with van der Waals surface area (Å²) in [5.41, 5.74) is 2.74. The number of amidine groups is 1. The van der Waals surface area contributed by atoms with E-state index >= 15 is 0 Å². The van der Waals surface area contributed by atoms with Gasteiger partial charge in [0.25, 0.3) is 0 Å². The Hall–Kier alpha value is -2.49. The number of benzene rings is 2. The molecule has 0 aliphatic rings. The maximum atomic E-state index is 8.68. The van der Waals surface area contributed by atoms with Crippen LogP contribution in [0, 0.1) is 11.5 Å². The summed E-state index contributed by atoms with van der Waals surface area (Å²) in [7, 11) is 0. The van der Waals surface area contributed by atoms with Crippen LogP contribution in [0.15, 0.2) is 51.9 Å². The number of hydrogen-bond acceptors (Lipinski definition) is 5. The standard InChI is InChI=1S/C16H11ClN4OS/c1-23-16(19-9-18)20-10-6-7-13-14(8-10)22-15(21-13)11-4-2-3-5-12(11)17/h2-8H,1H3,(H,19,20). The van der Waals surface area contributed by atoms with Gasteiger partial charge >= 0.3 is 0 Å². The van der Waals surface area contributed by atoms with Gasteiger partial charge in [-0.05, 0) is 30.5 Å². The van der Waals surface area contributed by atoms with Crippen molar-refractivity contribution in [1.82, 2.24) is 10.3 Å². The summed E-state index contributed by atoms with van der Waals surface area (Å²) in [6.07, 6.45) is 3.69. The smallest absolute Gasteiger partial charge is 0.228 e. The summed E-state index contributed by atoms with van der Waals surface area (Å²) in [4.78, 5) is 8.80. The van der Waals surface area contributed by atoms with Crippen molar-refractivity contribution in [1.29, 1.82) is 5.26 Å². The second-order valence-corrected chi connectivity index (χ2v) is 5.71. The number of hydrogen-bond donors (Lipinski definition) is 1. The Morgan fingerprint density at radius 3 is 2.91 bits per heavy atom. The summed E-state index contributed by atoms with van der Waals surface area (Å²) >= 11 is 7.53. The fourth-order valence-electron chi connectivity index (χ4n) is 2.02. The van der Waals surface area contributed by atoms with Crippen LogP contribution in [0.5, 0.6) is 0 Å². The minimum Gasteiger partial charge on any atom is -0.436 e. The molecule has 0 saturated heterocycles. The number of aromatic nitrogens is 1. The van der Waals surface area contributed by atoms with Gasteiger partial charge in [-0.15, -0.1) is 0 Å². The average Bonchev–Trinajstić information content (AvgIpc) is 2.97. The first kappa shape index (κ1) is 15.4. The minimum atomic E-state index is 0.465. The van der Waals surface area contributed by atoms with Gasteiger partial charge in [-0.25, -0.2) is 9.98 Å². The van der Waals surface area contributed by atoms with E-state index in [0.29, 0.717) is 27.4 Å². The maximum absolute atomic E-state index is 8.68. The zero-order valence-corrected chi connectivity index (χ0v) is 13.6. The van der Waals surface area contributed by atoms with Crippen LogP contribution >= 0.6 is 23.4 Å². The second kappa shape index (κ2) is 6.73. The molecule has 0 aliphatic carbocycles. The highest BCUT2D eigenvalue weighted by molar-refractivity contribution is 8.13. The van der Waals surface area contributed by atoms with E-state index in [1.165, 1.54) is 11.8 Å². The molecular formula is C16H11ClN4OS. The lowest BCUT2D eigenvalue weighted by Gasteiger charge is -1.99. The van der Waals surface area contributed by atoms with Crippen molar-refractivity contribution in [2.45, 2.75) is 0 Å². The van der Waals surface area contributed by atoms with E-state index < -0.39 is 0 Å². The molecule has 3 rings (SSSR count). The summed E-state index contributed by atoms with van der Waals surface area (Å²) in [5.74, 6) is 0.465. The van der Waals surface area contributed by atoms with Crippen LogP contribution in [0.25, 0.3) is 22.6 Å². The molecule has 0 aliphatic heterocycles. The van der Waals surface area contributed by atoms with Crippen molar-refractivity contribution in [3.8, 4) is 17.6 Å². The maximum Gasteiger partial charge on any atom is 0.228 e. The van der Waals surface area contributed by atoms with Gasteiger partial charge in [-0.3, -0.25) is 5.32 Å². The van der Waals surface area contributed by atoms with E-state index in [0.717, 1.165) is 11.1 Å². The van der Waals surface area contributed by atoms with Crippen molar-refractivity contribution in [3.63, 3.8) is 0 Å². The van der Waals surface area contributed by atoms with Crippen molar-refractivity contribution in [2.24, 2.45) is 4.99 Å². The normalized spacial score (nSPS) is 11.4. The van der Waals surface area contributed by atoms with Crippen LogP contribution in [-0.4, -0.2) is 16.4 Å². The molecule has 1 heterocycles. The number of nitrogens with one attached hydrogen (secondary N) is 1. The Labute approximate surface area is 142 Å². The molecule has 1 aromatic heterocycles. The molecule has 2 aromatic carbocycles. The molecule has 114 valence electrons. The molecule has 0 spiro atoms. The number of aliphatic imine (C=N–C) groups is 1. The van der Waals surface area contributed by atoms with Crippen LogP contribution in [0.1, 0.15) is 0 Å². The molecule has 0 amide bonds. The molecule has 0 unspecified atom stereocenters. The molecule has 0 radical (unpaired) electrons. The highest BCUT2D eigenvalue weighted by Gasteiger charge is 2.11. The third-order valence-corrected chi connectivity index (χ3v) is 3.97. The molecule has 0 bridgehead atoms. The molecule has 0 atom stereocenters. The Balaban J connectivity index is 2.02. The number of rotatable bonds is 2. The summed E-state index contributed by atoms with van der Waals surface area (Å²) < 4.78 is 5.79. The second-order valence-electron chi connectivity index (χ2n) is 4.51. The lowest BCUT2D eigenvalue weighted by Crippen LogP contribution is -2.12. The molecular weight excluding hydrogens is 332 g/mol. The first-order chi connectivity index (χ1) is 11.2. The van der Waals surface area contributed by atoms with Gasteiger partial charge in [0.15, 0.2) is 16.9 Å². The summed E-state index contributed by atoms with van der Waals surface area (Å²) in [5, 5.41) is 12.3. The Morgan fingerprint density at radius 2 is 2.17 bits per heavy atom. The quantitative estimate of drug-likeness (QED) is 0.319. The molecule has 23 heavy (non-hydrogen) atoms. The molecule has 1 N–H and O–H groups in total. The van der Waals surface area contributed by atoms with Crippen molar-refractivity contribution in [3.05, 3.63) is 47.5 Å². The van der Waals surface area contributed by atoms with Gasteiger partial charge in [0.05, 0.1) is 16.3 Å². The zero-order chi connectivity index (χ0) is 16.2. The predicted octanol–water partition coefficient (Wildman–Crippen LogP) is 4.57. The minimum absolute atomic E-state index is 0.465. The first-order valence-electron chi connectivity index (χ1n) is 6.64. The topological polar surface area (TPSA) is 74.2 Å². The van der Waals surface area contributed by atoms with Gasteiger partial charge < -0.3 is 4.42 Å². The molecule has 0 fully saturated rings. The van der Waals surface area contributed by atoms with Crippen molar-refractivity contribution < 1.29 is 4.42 Å². The Bertz CT molecular complexity index is 929. The Kier molecular flexibility index (Phi) is 4.51. The van der Waals surface area contributed by atoms with Crippen molar-refractivity contribution >= 4 is 45.3 Å². The lowest BCUT2D eigenvalue weighted by molar-refractivity contribution is 0.620. The van der Waals surface area contributed by atoms with Crippen LogP contribution in [0.4, 0.5) is 5.69 Å². The molecule has 5 nitrogen and oxygen atoms in total. The predicted molar refractivity (Wildman–Crippen MR) is 93.8 cm³/mol. The van der Waals surface area contributed by atoms with Crippen LogP contribution < -0.4 is 5.32 Å². The molecule has 3 aromatic rings. The number of nitrogens with zero attached hydrogens (tertiary/aromatic N) is 3. The van der Waals surface area contributed by atoms with Gasteiger partial charge in [0.1, 0.15) is 5.52 Å². The van der Waals surface area contributed by atoms with Gasteiger partial charge in [-0.1, -0.05) is 35.5 Å². The van der Waals surface area contributed by atoms with E-state index in [2.05, 4.69) is 15.3 Å². The summed E-state index contributed by atoms with van der Waals surface area (Å²) in [6.45, 7) is 0. The molecule has 7 heteroatoms. The third-order valence-electron chi connectivity index (χ3n) is 3.06. The lowest BCUT2D eigenvalue weighted by atomic mass is 10.2. The Morgan fingerprint density at radius 1 is 1.35 bits per heavy atom. The van der Waals surface area contributed by atoms with E-state index in [4.69, 9.17) is 21.3 Å². The van der Waals surface area contributed by atoms with E-state index in [-0.39, 0.29) is 0 Å². The van der Waals surface area contributed by atoms with Gasteiger partial charge in [-0.2, -0.15) is 5.26 Å².